The molecule has 1 saturated heterocycles. The normalized spacial score (nSPS) is 16.0. The predicted octanol–water partition coefficient (Wildman–Crippen LogP) is 3.92. The van der Waals surface area contributed by atoms with Crippen molar-refractivity contribution in [1.29, 1.82) is 0 Å². The number of hydrogen-bond acceptors (Lipinski definition) is 4. The lowest BCUT2D eigenvalue weighted by molar-refractivity contribution is -0.140. The Balaban J connectivity index is 1.45. The van der Waals surface area contributed by atoms with Crippen LogP contribution in [0.5, 0.6) is 0 Å². The average Bonchev–Trinajstić information content (AvgIpc) is 3.24. The lowest BCUT2D eigenvalue weighted by atomic mass is 10.1. The number of hydrogen-bond donors (Lipinski definition) is 0. The first kappa shape index (κ1) is 19.9. The van der Waals surface area contributed by atoms with Crippen molar-refractivity contribution in [2.45, 2.75) is 19.6 Å². The first-order valence-corrected chi connectivity index (χ1v) is 10.2. The number of rotatable bonds is 3. The fourth-order valence-electron chi connectivity index (χ4n) is 3.65. The number of aryl methyl sites for hydroxylation is 2. The van der Waals surface area contributed by atoms with Gasteiger partial charge in [0.25, 0.3) is 5.91 Å². The summed E-state index contributed by atoms with van der Waals surface area (Å²) in [6.45, 7) is 5.51. The third kappa shape index (κ3) is 3.89. The van der Waals surface area contributed by atoms with Crippen molar-refractivity contribution < 1.29 is 18.0 Å². The van der Waals surface area contributed by atoms with Crippen molar-refractivity contribution in [1.82, 2.24) is 19.6 Å². The molecule has 154 valence electrons. The van der Waals surface area contributed by atoms with Crippen molar-refractivity contribution in [3.63, 3.8) is 0 Å². The zero-order chi connectivity index (χ0) is 20.8. The molecular formula is C20H21F3N4OS. The SMILES string of the molecule is Cc1ccccc1CN1CCN(C(=O)c2cc3c(C(F)(F)F)nn(C)c3s2)CC1. The fraction of sp³-hybridized carbons (Fsp3) is 0.400. The molecule has 0 spiro atoms. The molecule has 9 heteroatoms. The van der Waals surface area contributed by atoms with Crippen LogP contribution in [0.3, 0.4) is 0 Å². The van der Waals surface area contributed by atoms with Crippen LogP contribution in [0.1, 0.15) is 26.5 Å². The summed E-state index contributed by atoms with van der Waals surface area (Å²) in [5, 5.41) is 3.55. The van der Waals surface area contributed by atoms with Gasteiger partial charge in [0, 0.05) is 45.2 Å². The Bertz CT molecular complexity index is 1050. The molecule has 0 saturated carbocycles. The summed E-state index contributed by atoms with van der Waals surface area (Å²) in [7, 11) is 1.46. The van der Waals surface area contributed by atoms with Crippen molar-refractivity contribution in [2.24, 2.45) is 7.05 Å². The summed E-state index contributed by atoms with van der Waals surface area (Å²) in [5.41, 5.74) is 1.57. The highest BCUT2D eigenvalue weighted by Crippen LogP contribution is 2.37. The maximum Gasteiger partial charge on any atom is 0.435 e. The second kappa shape index (κ2) is 7.46. The fourth-order valence-corrected chi connectivity index (χ4v) is 4.69. The van der Waals surface area contributed by atoms with Gasteiger partial charge in [-0.2, -0.15) is 18.3 Å². The third-order valence-electron chi connectivity index (χ3n) is 5.31. The van der Waals surface area contributed by atoms with Gasteiger partial charge in [-0.3, -0.25) is 14.4 Å². The van der Waals surface area contributed by atoms with Crippen LogP contribution in [0.2, 0.25) is 0 Å². The Kier molecular flexibility index (Phi) is 5.12. The smallest absolute Gasteiger partial charge is 0.335 e. The largest absolute Gasteiger partial charge is 0.435 e. The monoisotopic (exact) mass is 422 g/mol. The number of nitrogens with zero attached hydrogens (tertiary/aromatic N) is 4. The summed E-state index contributed by atoms with van der Waals surface area (Å²) in [6.07, 6.45) is -4.54. The topological polar surface area (TPSA) is 41.4 Å². The Labute approximate surface area is 170 Å². The number of carbonyl (C=O) groups excluding carboxylic acids is 1. The zero-order valence-electron chi connectivity index (χ0n) is 16.2. The standard InChI is InChI=1S/C20H21F3N4OS/c1-13-5-3-4-6-14(13)12-26-7-9-27(10-8-26)18(28)16-11-15-17(20(21,22)23)24-25(2)19(15)29-16/h3-6,11H,7-10,12H2,1-2H3. The third-order valence-corrected chi connectivity index (χ3v) is 6.50. The van der Waals surface area contributed by atoms with Crippen LogP contribution in [0, 0.1) is 6.92 Å². The predicted molar refractivity (Wildman–Crippen MR) is 106 cm³/mol. The molecule has 3 heterocycles. The minimum Gasteiger partial charge on any atom is -0.335 e. The van der Waals surface area contributed by atoms with Crippen molar-refractivity contribution in [3.8, 4) is 0 Å². The van der Waals surface area contributed by atoms with Gasteiger partial charge in [0.1, 0.15) is 4.83 Å². The van der Waals surface area contributed by atoms with Gasteiger partial charge in [0.05, 0.1) is 4.88 Å². The molecule has 4 rings (SSSR count). The van der Waals surface area contributed by atoms with E-state index >= 15 is 0 Å². The number of piperazine rings is 1. The molecule has 0 bridgehead atoms. The van der Waals surface area contributed by atoms with Gasteiger partial charge in [-0.15, -0.1) is 11.3 Å². The number of aromatic nitrogens is 2. The Morgan fingerprint density at radius 1 is 1.17 bits per heavy atom. The highest BCUT2D eigenvalue weighted by atomic mass is 32.1. The van der Waals surface area contributed by atoms with Crippen LogP contribution >= 0.6 is 11.3 Å². The Morgan fingerprint density at radius 3 is 2.52 bits per heavy atom. The molecule has 0 N–H and O–H groups in total. The molecule has 2 aromatic heterocycles. The number of halogens is 3. The van der Waals surface area contributed by atoms with E-state index in [0.717, 1.165) is 31.0 Å². The molecule has 0 atom stereocenters. The molecule has 1 aliphatic heterocycles. The summed E-state index contributed by atoms with van der Waals surface area (Å²) >= 11 is 1.06. The van der Waals surface area contributed by atoms with Gasteiger partial charge in [0.2, 0.25) is 0 Å². The van der Waals surface area contributed by atoms with E-state index in [4.69, 9.17) is 0 Å². The van der Waals surface area contributed by atoms with Crippen LogP contribution in [0.15, 0.2) is 30.3 Å². The average molecular weight is 422 g/mol. The maximum atomic E-state index is 13.2. The number of carbonyl (C=O) groups is 1. The molecule has 1 fully saturated rings. The lowest BCUT2D eigenvalue weighted by Gasteiger charge is -2.34. The minimum absolute atomic E-state index is 0.00783. The maximum absolute atomic E-state index is 13.2. The molecular weight excluding hydrogens is 401 g/mol. The van der Waals surface area contributed by atoms with Gasteiger partial charge in [-0.25, -0.2) is 0 Å². The van der Waals surface area contributed by atoms with E-state index < -0.39 is 11.9 Å². The zero-order valence-corrected chi connectivity index (χ0v) is 17.0. The number of amides is 1. The van der Waals surface area contributed by atoms with Crippen LogP contribution < -0.4 is 0 Å². The number of benzene rings is 1. The van der Waals surface area contributed by atoms with E-state index in [0.29, 0.717) is 22.8 Å². The van der Waals surface area contributed by atoms with Gasteiger partial charge < -0.3 is 4.90 Å². The Morgan fingerprint density at radius 2 is 1.86 bits per heavy atom. The molecule has 0 aliphatic carbocycles. The van der Waals surface area contributed by atoms with Crippen LogP contribution in [-0.2, 0) is 19.8 Å². The van der Waals surface area contributed by atoms with E-state index in [2.05, 4.69) is 29.1 Å². The minimum atomic E-state index is -4.54. The molecule has 29 heavy (non-hydrogen) atoms. The number of thiophene rings is 1. The van der Waals surface area contributed by atoms with E-state index in [1.165, 1.54) is 28.9 Å². The molecule has 1 aromatic carbocycles. The second-order valence-electron chi connectivity index (χ2n) is 7.29. The summed E-state index contributed by atoms with van der Waals surface area (Å²) in [6, 6.07) is 9.56. The van der Waals surface area contributed by atoms with E-state index in [-0.39, 0.29) is 11.3 Å². The lowest BCUT2D eigenvalue weighted by Crippen LogP contribution is -2.48. The van der Waals surface area contributed by atoms with Gasteiger partial charge >= 0.3 is 6.18 Å². The van der Waals surface area contributed by atoms with Crippen LogP contribution in [0.4, 0.5) is 13.2 Å². The molecule has 0 unspecified atom stereocenters. The number of alkyl halides is 3. The van der Waals surface area contributed by atoms with Crippen molar-refractivity contribution in [2.75, 3.05) is 26.2 Å². The molecule has 5 nitrogen and oxygen atoms in total. The summed E-state index contributed by atoms with van der Waals surface area (Å²) in [4.78, 5) is 17.6. The van der Waals surface area contributed by atoms with Gasteiger partial charge in [-0.1, -0.05) is 24.3 Å². The van der Waals surface area contributed by atoms with Crippen LogP contribution in [-0.4, -0.2) is 51.7 Å². The summed E-state index contributed by atoms with van der Waals surface area (Å²) in [5.74, 6) is -0.213. The Hall–Kier alpha value is -2.39. The van der Waals surface area contributed by atoms with Gasteiger partial charge in [-0.05, 0) is 24.1 Å². The second-order valence-corrected chi connectivity index (χ2v) is 8.32. The van der Waals surface area contributed by atoms with Gasteiger partial charge in [0.15, 0.2) is 5.69 Å². The molecule has 0 radical (unpaired) electrons. The quantitative estimate of drug-likeness (QED) is 0.643. The van der Waals surface area contributed by atoms with E-state index in [9.17, 15) is 18.0 Å². The first-order valence-electron chi connectivity index (χ1n) is 9.34. The molecule has 1 aliphatic rings. The van der Waals surface area contributed by atoms with E-state index in [1.54, 1.807) is 4.90 Å². The summed E-state index contributed by atoms with van der Waals surface area (Å²) < 4.78 is 40.7. The molecule has 3 aromatic rings. The van der Waals surface area contributed by atoms with Crippen molar-refractivity contribution >= 4 is 27.5 Å². The van der Waals surface area contributed by atoms with E-state index in [1.807, 2.05) is 12.1 Å². The van der Waals surface area contributed by atoms with Crippen molar-refractivity contribution in [3.05, 3.63) is 52.0 Å². The number of fused-ring (bicyclic) bond motifs is 1. The van der Waals surface area contributed by atoms with Crippen LogP contribution in [0.25, 0.3) is 10.2 Å². The first-order chi connectivity index (χ1) is 13.7. The highest BCUT2D eigenvalue weighted by molar-refractivity contribution is 7.20. The molecule has 1 amide bonds. The highest BCUT2D eigenvalue weighted by Gasteiger charge is 2.38.